The third kappa shape index (κ3) is 2.39. The first kappa shape index (κ1) is 14.3. The molecule has 1 heterocycles. The van der Waals surface area contributed by atoms with Crippen molar-refractivity contribution in [1.29, 1.82) is 0 Å². The lowest BCUT2D eigenvalue weighted by Crippen LogP contribution is -2.63. The second-order valence-corrected chi connectivity index (χ2v) is 6.56. The highest BCUT2D eigenvalue weighted by atomic mass is 19.1. The quantitative estimate of drug-likeness (QED) is 0.900. The molecule has 0 radical (unpaired) electrons. The SMILES string of the molecule is CC(=O)Nc1cc(NC2C3CCOC3C2(C)C)ccc1F. The summed E-state index contributed by atoms with van der Waals surface area (Å²) in [5, 5.41) is 5.99. The molecule has 5 heteroatoms. The Morgan fingerprint density at radius 3 is 2.90 bits per heavy atom. The van der Waals surface area contributed by atoms with Crippen molar-refractivity contribution in [3.05, 3.63) is 24.0 Å². The maximum Gasteiger partial charge on any atom is 0.221 e. The van der Waals surface area contributed by atoms with E-state index in [-0.39, 0.29) is 17.0 Å². The van der Waals surface area contributed by atoms with Crippen molar-refractivity contribution in [2.24, 2.45) is 11.3 Å². The predicted molar refractivity (Wildman–Crippen MR) is 79.7 cm³/mol. The molecule has 1 amide bonds. The standard InChI is InChI=1S/C16H21FN2O2/c1-9(20)18-13-8-10(4-5-12(13)17)19-14-11-6-7-21-15(11)16(14,2)3/h4-5,8,11,14-15,19H,6-7H2,1-3H3,(H,18,20). The van der Waals surface area contributed by atoms with Crippen LogP contribution in [-0.2, 0) is 9.53 Å². The lowest BCUT2D eigenvalue weighted by molar-refractivity contribution is -0.114. The van der Waals surface area contributed by atoms with E-state index in [9.17, 15) is 9.18 Å². The molecule has 0 bridgehead atoms. The first-order chi connectivity index (χ1) is 9.89. The van der Waals surface area contributed by atoms with Gasteiger partial charge in [0.15, 0.2) is 0 Å². The number of amides is 1. The van der Waals surface area contributed by atoms with Crippen LogP contribution in [0.5, 0.6) is 0 Å². The Hall–Kier alpha value is -1.62. The molecule has 1 aliphatic heterocycles. The van der Waals surface area contributed by atoms with Crippen LogP contribution in [0.15, 0.2) is 18.2 Å². The smallest absolute Gasteiger partial charge is 0.221 e. The Morgan fingerprint density at radius 1 is 1.43 bits per heavy atom. The number of rotatable bonds is 3. The maximum absolute atomic E-state index is 13.7. The number of nitrogens with one attached hydrogen (secondary N) is 2. The van der Waals surface area contributed by atoms with E-state index in [1.807, 2.05) is 0 Å². The van der Waals surface area contributed by atoms with Crippen molar-refractivity contribution in [2.45, 2.75) is 39.3 Å². The molecule has 2 N–H and O–H groups in total. The van der Waals surface area contributed by atoms with E-state index in [0.29, 0.717) is 18.1 Å². The van der Waals surface area contributed by atoms with Gasteiger partial charge in [-0.05, 0) is 24.6 Å². The third-order valence-corrected chi connectivity index (χ3v) is 4.70. The third-order valence-electron chi connectivity index (χ3n) is 4.70. The molecule has 1 saturated heterocycles. The van der Waals surface area contributed by atoms with Gasteiger partial charge in [-0.1, -0.05) is 13.8 Å². The molecule has 2 fully saturated rings. The summed E-state index contributed by atoms with van der Waals surface area (Å²) < 4.78 is 19.4. The number of anilines is 2. The van der Waals surface area contributed by atoms with Crippen LogP contribution < -0.4 is 10.6 Å². The van der Waals surface area contributed by atoms with Gasteiger partial charge in [0.25, 0.3) is 0 Å². The molecule has 1 aliphatic carbocycles. The first-order valence-electron chi connectivity index (χ1n) is 7.35. The lowest BCUT2D eigenvalue weighted by Gasteiger charge is -2.55. The summed E-state index contributed by atoms with van der Waals surface area (Å²) in [5.74, 6) is -0.195. The average molecular weight is 292 g/mol. The molecule has 0 spiro atoms. The van der Waals surface area contributed by atoms with Crippen molar-refractivity contribution in [3.8, 4) is 0 Å². The zero-order chi connectivity index (χ0) is 15.2. The molecule has 1 aromatic carbocycles. The molecular formula is C16H21FN2O2. The van der Waals surface area contributed by atoms with Crippen LogP contribution in [0.2, 0.25) is 0 Å². The van der Waals surface area contributed by atoms with Crippen molar-refractivity contribution < 1.29 is 13.9 Å². The van der Waals surface area contributed by atoms with E-state index in [2.05, 4.69) is 24.5 Å². The molecule has 21 heavy (non-hydrogen) atoms. The highest BCUT2D eigenvalue weighted by molar-refractivity contribution is 5.89. The van der Waals surface area contributed by atoms with E-state index in [4.69, 9.17) is 4.74 Å². The number of hydrogen-bond donors (Lipinski definition) is 2. The Morgan fingerprint density at radius 2 is 2.19 bits per heavy atom. The van der Waals surface area contributed by atoms with Crippen LogP contribution in [0.1, 0.15) is 27.2 Å². The molecule has 2 aliphatic rings. The Labute approximate surface area is 124 Å². The zero-order valence-electron chi connectivity index (χ0n) is 12.6. The number of carbonyl (C=O) groups excluding carboxylic acids is 1. The highest BCUT2D eigenvalue weighted by Gasteiger charge is 2.59. The number of fused-ring (bicyclic) bond motifs is 1. The van der Waals surface area contributed by atoms with Gasteiger partial charge >= 0.3 is 0 Å². The van der Waals surface area contributed by atoms with E-state index in [0.717, 1.165) is 18.7 Å². The molecule has 3 atom stereocenters. The summed E-state index contributed by atoms with van der Waals surface area (Å²) >= 11 is 0. The van der Waals surface area contributed by atoms with Crippen LogP contribution >= 0.6 is 0 Å². The summed E-state index contributed by atoms with van der Waals surface area (Å²) in [6.45, 7) is 6.57. The van der Waals surface area contributed by atoms with Crippen molar-refractivity contribution in [3.63, 3.8) is 0 Å². The summed E-state index contributed by atoms with van der Waals surface area (Å²) in [7, 11) is 0. The second-order valence-electron chi connectivity index (χ2n) is 6.56. The second kappa shape index (κ2) is 4.98. The minimum atomic E-state index is -0.425. The van der Waals surface area contributed by atoms with Gasteiger partial charge in [0.2, 0.25) is 5.91 Å². The van der Waals surface area contributed by atoms with E-state index in [1.54, 1.807) is 12.1 Å². The fraction of sp³-hybridized carbons (Fsp3) is 0.562. The Bertz CT molecular complexity index is 573. The fourth-order valence-corrected chi connectivity index (χ4v) is 3.70. The van der Waals surface area contributed by atoms with Gasteiger partial charge in [-0.25, -0.2) is 4.39 Å². The maximum atomic E-state index is 13.7. The van der Waals surface area contributed by atoms with Crippen LogP contribution in [0.25, 0.3) is 0 Å². The van der Waals surface area contributed by atoms with Gasteiger partial charge in [-0.2, -0.15) is 0 Å². The summed E-state index contributed by atoms with van der Waals surface area (Å²) in [6.07, 6.45) is 1.37. The van der Waals surface area contributed by atoms with E-state index in [1.165, 1.54) is 13.0 Å². The summed E-state index contributed by atoms with van der Waals surface area (Å²) in [5.41, 5.74) is 1.09. The molecular weight excluding hydrogens is 271 g/mol. The lowest BCUT2D eigenvalue weighted by atomic mass is 9.57. The average Bonchev–Trinajstić information content (AvgIpc) is 2.85. The molecule has 1 aromatic rings. The van der Waals surface area contributed by atoms with Crippen LogP contribution in [0.3, 0.4) is 0 Å². The number of benzene rings is 1. The molecule has 3 unspecified atom stereocenters. The van der Waals surface area contributed by atoms with Gasteiger partial charge < -0.3 is 15.4 Å². The van der Waals surface area contributed by atoms with Gasteiger partial charge in [0, 0.05) is 36.6 Å². The normalized spacial score (nSPS) is 29.4. The highest BCUT2D eigenvalue weighted by Crippen LogP contribution is 2.53. The number of carbonyl (C=O) groups is 1. The largest absolute Gasteiger partial charge is 0.381 e. The fourth-order valence-electron chi connectivity index (χ4n) is 3.70. The summed E-state index contributed by atoms with van der Waals surface area (Å²) in [4.78, 5) is 11.1. The molecule has 0 aromatic heterocycles. The number of halogens is 1. The minimum absolute atomic E-state index is 0.0592. The molecule has 3 rings (SSSR count). The van der Waals surface area contributed by atoms with Gasteiger partial charge in [-0.3, -0.25) is 4.79 Å². The van der Waals surface area contributed by atoms with Crippen molar-refractivity contribution in [1.82, 2.24) is 0 Å². The van der Waals surface area contributed by atoms with Gasteiger partial charge in [-0.15, -0.1) is 0 Å². The van der Waals surface area contributed by atoms with Crippen LogP contribution in [0.4, 0.5) is 15.8 Å². The van der Waals surface area contributed by atoms with Gasteiger partial charge in [0.1, 0.15) is 5.82 Å². The Balaban J connectivity index is 1.77. The van der Waals surface area contributed by atoms with Crippen molar-refractivity contribution in [2.75, 3.05) is 17.2 Å². The molecule has 4 nitrogen and oxygen atoms in total. The molecule has 1 saturated carbocycles. The molecule has 114 valence electrons. The zero-order valence-corrected chi connectivity index (χ0v) is 12.6. The van der Waals surface area contributed by atoms with Crippen LogP contribution in [-0.4, -0.2) is 24.7 Å². The minimum Gasteiger partial charge on any atom is -0.381 e. The Kier molecular flexibility index (Phi) is 3.40. The van der Waals surface area contributed by atoms with Crippen LogP contribution in [0, 0.1) is 17.2 Å². The first-order valence-corrected chi connectivity index (χ1v) is 7.35. The van der Waals surface area contributed by atoms with Crippen molar-refractivity contribution >= 4 is 17.3 Å². The number of ether oxygens (including phenoxy) is 1. The predicted octanol–water partition coefficient (Wildman–Crippen LogP) is 3.01. The topological polar surface area (TPSA) is 50.4 Å². The summed E-state index contributed by atoms with van der Waals surface area (Å²) in [6, 6.07) is 5.04. The van der Waals surface area contributed by atoms with E-state index < -0.39 is 5.82 Å². The van der Waals surface area contributed by atoms with Gasteiger partial charge in [0.05, 0.1) is 11.8 Å². The number of hydrogen-bond acceptors (Lipinski definition) is 3. The van der Waals surface area contributed by atoms with E-state index >= 15 is 0 Å². The monoisotopic (exact) mass is 292 g/mol.